The molecular weight excluding hydrogens is 190 g/mol. The Bertz CT molecular complexity index is 308. The molecule has 0 radical (unpaired) electrons. The number of hydrogen-bond acceptors (Lipinski definition) is 3. The largest absolute Gasteiger partial charge is 0.508 e. The second kappa shape index (κ2) is 5.14. The first kappa shape index (κ1) is 10.5. The van der Waals surface area contributed by atoms with E-state index in [-0.39, 0.29) is 0 Å². The summed E-state index contributed by atoms with van der Waals surface area (Å²) in [5.74, 6) is 0.366. The van der Waals surface area contributed by atoms with Crippen molar-refractivity contribution >= 4 is 0 Å². The fraction of sp³-hybridized carbons (Fsp3) is 0.500. The summed E-state index contributed by atoms with van der Waals surface area (Å²) in [5.41, 5.74) is 0.962. The molecule has 1 atom stereocenters. The van der Waals surface area contributed by atoms with E-state index in [9.17, 15) is 5.11 Å². The van der Waals surface area contributed by atoms with E-state index in [1.54, 1.807) is 6.07 Å². The maximum absolute atomic E-state index is 9.53. The van der Waals surface area contributed by atoms with Gasteiger partial charge < -0.3 is 15.2 Å². The van der Waals surface area contributed by atoms with Crippen molar-refractivity contribution in [3.8, 4) is 5.75 Å². The molecule has 1 aliphatic heterocycles. The first-order valence-electron chi connectivity index (χ1n) is 5.45. The van der Waals surface area contributed by atoms with E-state index in [1.807, 2.05) is 18.2 Å². The maximum Gasteiger partial charge on any atom is 0.118 e. The topological polar surface area (TPSA) is 41.5 Å². The molecule has 1 unspecified atom stereocenters. The highest BCUT2D eigenvalue weighted by Gasteiger charge is 2.14. The zero-order valence-electron chi connectivity index (χ0n) is 8.78. The van der Waals surface area contributed by atoms with Crippen molar-refractivity contribution in [2.75, 3.05) is 19.7 Å². The van der Waals surface area contributed by atoms with Crippen LogP contribution in [0.25, 0.3) is 0 Å². The Hall–Kier alpha value is -1.06. The minimum absolute atomic E-state index is 0.357. The van der Waals surface area contributed by atoms with E-state index in [0.717, 1.165) is 31.5 Å². The lowest BCUT2D eigenvalue weighted by atomic mass is 10.1. The van der Waals surface area contributed by atoms with E-state index < -0.39 is 0 Å². The molecule has 1 saturated heterocycles. The van der Waals surface area contributed by atoms with Gasteiger partial charge in [0, 0.05) is 6.54 Å². The van der Waals surface area contributed by atoms with Crippen molar-refractivity contribution in [3.05, 3.63) is 29.8 Å². The van der Waals surface area contributed by atoms with Crippen LogP contribution in [0.15, 0.2) is 24.3 Å². The van der Waals surface area contributed by atoms with Gasteiger partial charge in [-0.05, 0) is 31.0 Å². The first-order valence-corrected chi connectivity index (χ1v) is 5.45. The number of benzene rings is 1. The average molecular weight is 207 g/mol. The number of aromatic hydroxyl groups is 1. The van der Waals surface area contributed by atoms with Crippen LogP contribution in [0, 0.1) is 0 Å². The molecule has 3 heteroatoms. The Morgan fingerprint density at radius 1 is 1.40 bits per heavy atom. The Labute approximate surface area is 90.1 Å². The quantitative estimate of drug-likeness (QED) is 0.782. The molecule has 0 aliphatic carbocycles. The lowest BCUT2D eigenvalue weighted by Crippen LogP contribution is -2.17. The fourth-order valence-electron chi connectivity index (χ4n) is 1.83. The van der Waals surface area contributed by atoms with Crippen LogP contribution in [0.2, 0.25) is 0 Å². The van der Waals surface area contributed by atoms with Crippen molar-refractivity contribution in [2.45, 2.75) is 18.9 Å². The summed E-state index contributed by atoms with van der Waals surface area (Å²) in [5, 5.41) is 12.8. The molecule has 2 rings (SSSR count). The molecule has 0 spiro atoms. The molecule has 1 aliphatic rings. The van der Waals surface area contributed by atoms with Crippen molar-refractivity contribution < 1.29 is 9.84 Å². The van der Waals surface area contributed by atoms with Gasteiger partial charge in [-0.1, -0.05) is 18.2 Å². The van der Waals surface area contributed by atoms with E-state index in [2.05, 4.69) is 5.32 Å². The number of hydrogen-bond donors (Lipinski definition) is 2. The smallest absolute Gasteiger partial charge is 0.118 e. The maximum atomic E-state index is 9.53. The Morgan fingerprint density at radius 3 is 3.00 bits per heavy atom. The van der Waals surface area contributed by atoms with Crippen LogP contribution in [-0.2, 0) is 11.2 Å². The summed E-state index contributed by atoms with van der Waals surface area (Å²) in [6.07, 6.45) is 2.24. The van der Waals surface area contributed by atoms with Gasteiger partial charge in [-0.25, -0.2) is 0 Å². The number of phenolic OH excluding ortho intramolecular Hbond substituents is 1. The second-order valence-electron chi connectivity index (χ2n) is 3.86. The molecule has 2 N–H and O–H groups in total. The molecule has 1 aromatic carbocycles. The number of rotatable bonds is 4. The van der Waals surface area contributed by atoms with Crippen LogP contribution < -0.4 is 5.32 Å². The van der Waals surface area contributed by atoms with Gasteiger partial charge in [0.1, 0.15) is 5.75 Å². The van der Waals surface area contributed by atoms with E-state index in [0.29, 0.717) is 18.5 Å². The van der Waals surface area contributed by atoms with Gasteiger partial charge >= 0.3 is 0 Å². The monoisotopic (exact) mass is 207 g/mol. The lowest BCUT2D eigenvalue weighted by Gasteiger charge is -2.10. The van der Waals surface area contributed by atoms with E-state index in [1.165, 1.54) is 0 Å². The predicted molar refractivity (Wildman–Crippen MR) is 59.0 cm³/mol. The number of para-hydroxylation sites is 1. The zero-order chi connectivity index (χ0) is 10.5. The minimum Gasteiger partial charge on any atom is -0.508 e. The summed E-state index contributed by atoms with van der Waals surface area (Å²) >= 11 is 0. The van der Waals surface area contributed by atoms with Gasteiger partial charge in [0.05, 0.1) is 12.7 Å². The molecule has 82 valence electrons. The molecule has 1 fully saturated rings. The Morgan fingerprint density at radius 2 is 2.27 bits per heavy atom. The molecule has 0 saturated carbocycles. The van der Waals surface area contributed by atoms with Crippen LogP contribution in [0.5, 0.6) is 5.75 Å². The molecule has 3 nitrogen and oxygen atoms in total. The highest BCUT2D eigenvalue weighted by atomic mass is 16.5. The number of ether oxygens (including phenoxy) is 1. The Balaban J connectivity index is 1.75. The summed E-state index contributed by atoms with van der Waals surface area (Å²) in [4.78, 5) is 0. The summed E-state index contributed by atoms with van der Waals surface area (Å²) in [7, 11) is 0. The van der Waals surface area contributed by atoms with E-state index in [4.69, 9.17) is 4.74 Å². The highest BCUT2D eigenvalue weighted by Crippen LogP contribution is 2.16. The molecule has 0 aromatic heterocycles. The number of phenols is 1. The van der Waals surface area contributed by atoms with Gasteiger partial charge in [0.15, 0.2) is 0 Å². The zero-order valence-corrected chi connectivity index (χ0v) is 8.78. The molecule has 1 aromatic rings. The van der Waals surface area contributed by atoms with E-state index >= 15 is 0 Å². The van der Waals surface area contributed by atoms with Crippen LogP contribution >= 0.6 is 0 Å². The van der Waals surface area contributed by atoms with Crippen molar-refractivity contribution in [2.24, 2.45) is 0 Å². The minimum atomic E-state index is 0.357. The van der Waals surface area contributed by atoms with Gasteiger partial charge in [-0.15, -0.1) is 0 Å². The average Bonchev–Trinajstić information content (AvgIpc) is 2.74. The van der Waals surface area contributed by atoms with Gasteiger partial charge in [-0.2, -0.15) is 0 Å². The summed E-state index contributed by atoms with van der Waals surface area (Å²) in [6, 6.07) is 7.42. The molecule has 15 heavy (non-hydrogen) atoms. The Kier molecular flexibility index (Phi) is 3.59. The van der Waals surface area contributed by atoms with Crippen LogP contribution in [-0.4, -0.2) is 30.9 Å². The van der Waals surface area contributed by atoms with Gasteiger partial charge in [0.2, 0.25) is 0 Å². The normalized spacial score (nSPS) is 20.7. The summed E-state index contributed by atoms with van der Waals surface area (Å²) in [6.45, 7) is 2.70. The van der Waals surface area contributed by atoms with Crippen LogP contribution in [0.1, 0.15) is 12.0 Å². The molecule has 1 heterocycles. The second-order valence-corrected chi connectivity index (χ2v) is 3.86. The SMILES string of the molecule is Oc1ccccc1CCOC1CCNC1. The fourth-order valence-corrected chi connectivity index (χ4v) is 1.83. The van der Waals surface area contributed by atoms with Crippen molar-refractivity contribution in [1.29, 1.82) is 0 Å². The van der Waals surface area contributed by atoms with Crippen molar-refractivity contribution in [1.82, 2.24) is 5.32 Å². The third-order valence-electron chi connectivity index (χ3n) is 2.73. The van der Waals surface area contributed by atoms with Gasteiger partial charge in [0.25, 0.3) is 0 Å². The van der Waals surface area contributed by atoms with Crippen LogP contribution in [0.3, 0.4) is 0 Å². The van der Waals surface area contributed by atoms with Crippen LogP contribution in [0.4, 0.5) is 0 Å². The number of nitrogens with one attached hydrogen (secondary N) is 1. The molecule has 0 amide bonds. The standard InChI is InChI=1S/C12H17NO2/c14-12-4-2-1-3-10(12)6-8-15-11-5-7-13-9-11/h1-4,11,13-14H,5-9H2. The predicted octanol–water partition coefficient (Wildman–Crippen LogP) is 1.31. The third-order valence-corrected chi connectivity index (χ3v) is 2.73. The summed E-state index contributed by atoms with van der Waals surface area (Å²) < 4.78 is 5.69. The highest BCUT2D eigenvalue weighted by molar-refractivity contribution is 5.31. The van der Waals surface area contributed by atoms with Gasteiger partial charge in [-0.3, -0.25) is 0 Å². The molecular formula is C12H17NO2. The third kappa shape index (κ3) is 2.94. The van der Waals surface area contributed by atoms with Crippen molar-refractivity contribution in [3.63, 3.8) is 0 Å². The molecule has 0 bridgehead atoms. The lowest BCUT2D eigenvalue weighted by molar-refractivity contribution is 0.0692. The first-order chi connectivity index (χ1) is 7.36.